The predicted molar refractivity (Wildman–Crippen MR) is 65.4 cm³/mol. The molecule has 1 aromatic rings. The van der Waals surface area contributed by atoms with E-state index in [9.17, 15) is 14.9 Å². The van der Waals surface area contributed by atoms with Crippen LogP contribution in [-0.4, -0.2) is 24.5 Å². The smallest absolute Gasteiger partial charge is 0.311 e. The Kier molecular flexibility index (Phi) is 4.69. The molecule has 1 aromatic carbocycles. The molecule has 0 saturated heterocycles. The van der Waals surface area contributed by atoms with Crippen molar-refractivity contribution in [3.8, 4) is 18.1 Å². The first kappa shape index (κ1) is 13.5. The van der Waals surface area contributed by atoms with Crippen LogP contribution in [0.3, 0.4) is 0 Å². The van der Waals surface area contributed by atoms with Gasteiger partial charge in [-0.1, -0.05) is 0 Å². The number of nitrogens with one attached hydrogen (secondary N) is 1. The number of hydrogen-bond donors (Lipinski definition) is 1. The molecule has 0 aliphatic heterocycles. The molecule has 0 bridgehead atoms. The summed E-state index contributed by atoms with van der Waals surface area (Å²) in [5.41, 5.74) is -0.0541. The van der Waals surface area contributed by atoms with Crippen molar-refractivity contribution in [1.29, 1.82) is 0 Å². The van der Waals surface area contributed by atoms with Crippen molar-refractivity contribution in [3.05, 3.63) is 33.9 Å². The van der Waals surface area contributed by atoms with E-state index in [1.165, 1.54) is 25.3 Å². The van der Waals surface area contributed by atoms with E-state index in [0.717, 1.165) is 0 Å². The fourth-order valence-electron chi connectivity index (χ4n) is 1.32. The van der Waals surface area contributed by atoms with Crippen LogP contribution in [0.2, 0.25) is 0 Å². The molecule has 6 heteroatoms. The number of carbonyl (C=O) groups excluding carboxylic acids is 1. The standard InChI is InChI=1S/C12H12N2O4/c1-3-4-7-13-12(15)9-5-6-11(18-2)10(8-9)14(16)17/h1,5-6,8H,4,7H2,2H3,(H,13,15). The van der Waals surface area contributed by atoms with Crippen LogP contribution in [0.25, 0.3) is 0 Å². The molecular weight excluding hydrogens is 236 g/mol. The van der Waals surface area contributed by atoms with Crippen molar-refractivity contribution in [2.75, 3.05) is 13.7 Å². The molecule has 0 radical (unpaired) electrons. The molecule has 0 spiro atoms. The minimum atomic E-state index is -0.600. The maximum Gasteiger partial charge on any atom is 0.311 e. The minimum Gasteiger partial charge on any atom is -0.490 e. The Morgan fingerprint density at radius 2 is 2.33 bits per heavy atom. The van der Waals surface area contributed by atoms with Gasteiger partial charge in [0.15, 0.2) is 5.75 Å². The number of terminal acetylenes is 1. The van der Waals surface area contributed by atoms with Crippen LogP contribution in [0, 0.1) is 22.5 Å². The Hall–Kier alpha value is -2.55. The lowest BCUT2D eigenvalue weighted by Gasteiger charge is -2.05. The summed E-state index contributed by atoms with van der Waals surface area (Å²) in [6.07, 6.45) is 5.45. The zero-order chi connectivity index (χ0) is 13.5. The third kappa shape index (κ3) is 3.22. The number of nitro benzene ring substituents is 1. The van der Waals surface area contributed by atoms with Gasteiger partial charge in [-0.2, -0.15) is 0 Å². The second kappa shape index (κ2) is 6.25. The number of rotatable bonds is 5. The lowest BCUT2D eigenvalue weighted by atomic mass is 10.1. The van der Waals surface area contributed by atoms with E-state index in [1.807, 2.05) is 0 Å². The molecule has 0 heterocycles. The minimum absolute atomic E-state index is 0.111. The number of hydrogen-bond acceptors (Lipinski definition) is 4. The highest BCUT2D eigenvalue weighted by molar-refractivity contribution is 5.95. The zero-order valence-electron chi connectivity index (χ0n) is 9.80. The van der Waals surface area contributed by atoms with E-state index >= 15 is 0 Å². The summed E-state index contributed by atoms with van der Waals surface area (Å²) in [4.78, 5) is 21.8. The average molecular weight is 248 g/mol. The molecule has 0 fully saturated rings. The van der Waals surface area contributed by atoms with Gasteiger partial charge >= 0.3 is 5.69 Å². The molecule has 0 aliphatic carbocycles. The number of nitro groups is 1. The highest BCUT2D eigenvalue weighted by atomic mass is 16.6. The average Bonchev–Trinajstić information content (AvgIpc) is 2.38. The number of nitrogens with zero attached hydrogens (tertiary/aromatic N) is 1. The van der Waals surface area contributed by atoms with Gasteiger partial charge in [0.25, 0.3) is 5.91 Å². The number of benzene rings is 1. The predicted octanol–water partition coefficient (Wildman–Crippen LogP) is 1.36. The highest BCUT2D eigenvalue weighted by Crippen LogP contribution is 2.27. The summed E-state index contributed by atoms with van der Waals surface area (Å²) in [7, 11) is 1.33. The molecule has 1 amide bonds. The maximum absolute atomic E-state index is 11.7. The van der Waals surface area contributed by atoms with Crippen LogP contribution in [0.4, 0.5) is 5.69 Å². The Morgan fingerprint density at radius 3 is 2.89 bits per heavy atom. The summed E-state index contributed by atoms with van der Waals surface area (Å²) in [6.45, 7) is 0.329. The monoisotopic (exact) mass is 248 g/mol. The lowest BCUT2D eigenvalue weighted by Crippen LogP contribution is -2.24. The summed E-state index contributed by atoms with van der Waals surface area (Å²) < 4.78 is 4.84. The van der Waals surface area contributed by atoms with Crippen LogP contribution in [0.15, 0.2) is 18.2 Å². The Bertz CT molecular complexity index is 505. The van der Waals surface area contributed by atoms with Gasteiger partial charge in [0.05, 0.1) is 12.0 Å². The van der Waals surface area contributed by atoms with Gasteiger partial charge in [0.1, 0.15) is 0 Å². The fraction of sp³-hybridized carbons (Fsp3) is 0.250. The van der Waals surface area contributed by atoms with E-state index in [1.54, 1.807) is 0 Å². The molecule has 18 heavy (non-hydrogen) atoms. The van der Waals surface area contributed by atoms with Crippen molar-refractivity contribution >= 4 is 11.6 Å². The summed E-state index contributed by atoms with van der Waals surface area (Å²) in [5, 5.41) is 13.3. The molecule has 0 aromatic heterocycles. The van der Waals surface area contributed by atoms with E-state index in [0.29, 0.717) is 13.0 Å². The van der Waals surface area contributed by atoms with E-state index in [2.05, 4.69) is 11.2 Å². The normalized spacial score (nSPS) is 9.33. The molecule has 6 nitrogen and oxygen atoms in total. The number of methoxy groups -OCH3 is 1. The van der Waals surface area contributed by atoms with Crippen molar-refractivity contribution < 1.29 is 14.5 Å². The first-order valence-electron chi connectivity index (χ1n) is 5.14. The molecule has 0 atom stereocenters. The van der Waals surface area contributed by atoms with Crippen molar-refractivity contribution in [3.63, 3.8) is 0 Å². The van der Waals surface area contributed by atoms with Gasteiger partial charge in [0.2, 0.25) is 0 Å². The molecule has 0 unspecified atom stereocenters. The van der Waals surface area contributed by atoms with E-state index in [-0.39, 0.29) is 17.0 Å². The molecule has 94 valence electrons. The van der Waals surface area contributed by atoms with Gasteiger partial charge in [-0.25, -0.2) is 0 Å². The maximum atomic E-state index is 11.7. The summed E-state index contributed by atoms with van der Waals surface area (Å²) in [5.74, 6) is 2.08. The fourth-order valence-corrected chi connectivity index (χ4v) is 1.32. The van der Waals surface area contributed by atoms with Crippen LogP contribution in [0.1, 0.15) is 16.8 Å². The SMILES string of the molecule is C#CCCNC(=O)c1ccc(OC)c([N+](=O)[O-])c1. The number of carbonyl (C=O) groups is 1. The Labute approximate surface area is 104 Å². The van der Waals surface area contributed by atoms with Crippen molar-refractivity contribution in [1.82, 2.24) is 5.32 Å². The molecule has 1 N–H and O–H groups in total. The van der Waals surface area contributed by atoms with Gasteiger partial charge in [-0.3, -0.25) is 14.9 Å². The number of ether oxygens (including phenoxy) is 1. The molecule has 1 rings (SSSR count). The van der Waals surface area contributed by atoms with Crippen molar-refractivity contribution in [2.45, 2.75) is 6.42 Å². The topological polar surface area (TPSA) is 81.5 Å². The lowest BCUT2D eigenvalue weighted by molar-refractivity contribution is -0.385. The Morgan fingerprint density at radius 1 is 1.61 bits per heavy atom. The van der Waals surface area contributed by atoms with Crippen LogP contribution in [0.5, 0.6) is 5.75 Å². The van der Waals surface area contributed by atoms with Gasteiger partial charge < -0.3 is 10.1 Å². The summed E-state index contributed by atoms with van der Waals surface area (Å²) in [6, 6.07) is 4.01. The third-order valence-electron chi connectivity index (χ3n) is 2.19. The first-order chi connectivity index (χ1) is 8.60. The van der Waals surface area contributed by atoms with Gasteiger partial charge in [-0.05, 0) is 12.1 Å². The van der Waals surface area contributed by atoms with Crippen molar-refractivity contribution in [2.24, 2.45) is 0 Å². The molecule has 0 saturated carbocycles. The number of amides is 1. The zero-order valence-corrected chi connectivity index (χ0v) is 9.80. The summed E-state index contributed by atoms with van der Waals surface area (Å²) >= 11 is 0. The van der Waals surface area contributed by atoms with Crippen LogP contribution in [-0.2, 0) is 0 Å². The Balaban J connectivity index is 2.91. The molecule has 0 aliphatic rings. The van der Waals surface area contributed by atoms with Crippen LogP contribution < -0.4 is 10.1 Å². The van der Waals surface area contributed by atoms with Gasteiger partial charge in [-0.15, -0.1) is 12.3 Å². The van der Waals surface area contributed by atoms with E-state index < -0.39 is 10.8 Å². The first-order valence-corrected chi connectivity index (χ1v) is 5.14. The second-order valence-corrected chi connectivity index (χ2v) is 3.35. The quantitative estimate of drug-likeness (QED) is 0.369. The second-order valence-electron chi connectivity index (χ2n) is 3.35. The highest BCUT2D eigenvalue weighted by Gasteiger charge is 2.17. The van der Waals surface area contributed by atoms with Crippen LogP contribution >= 0.6 is 0 Å². The largest absolute Gasteiger partial charge is 0.490 e. The molecular formula is C12H12N2O4. The third-order valence-corrected chi connectivity index (χ3v) is 2.19. The van der Waals surface area contributed by atoms with E-state index in [4.69, 9.17) is 11.2 Å². The van der Waals surface area contributed by atoms with Gasteiger partial charge in [0, 0.05) is 24.6 Å².